The first-order chi connectivity index (χ1) is 17.7. The molecule has 0 aliphatic rings. The molecule has 0 N–H and O–H groups in total. The van der Waals surface area contributed by atoms with Crippen LogP contribution >= 0.6 is 0 Å². The van der Waals surface area contributed by atoms with E-state index in [-0.39, 0.29) is 0 Å². The van der Waals surface area contributed by atoms with E-state index in [9.17, 15) is 0 Å². The second-order valence-electron chi connectivity index (χ2n) is 12.9. The minimum atomic E-state index is 0.959. The highest BCUT2D eigenvalue weighted by atomic mass is 14.1. The second-order valence-corrected chi connectivity index (χ2v) is 12.9. The van der Waals surface area contributed by atoms with Gasteiger partial charge in [0, 0.05) is 0 Å². The fraction of sp³-hybridized carbons (Fsp3) is 1.00. The van der Waals surface area contributed by atoms with Gasteiger partial charge in [-0.3, -0.25) is 0 Å². The van der Waals surface area contributed by atoms with Gasteiger partial charge in [0.2, 0.25) is 0 Å². The summed E-state index contributed by atoms with van der Waals surface area (Å²) >= 11 is 0. The SMILES string of the molecule is CCCCCCCCCCCCCCCCCCCCC(C)CCCCCCCCCC(C)CCC. The van der Waals surface area contributed by atoms with Crippen LogP contribution < -0.4 is 0 Å². The van der Waals surface area contributed by atoms with E-state index in [2.05, 4.69) is 27.7 Å². The summed E-state index contributed by atoms with van der Waals surface area (Å²) in [5.74, 6) is 1.92. The van der Waals surface area contributed by atoms with Crippen LogP contribution in [-0.2, 0) is 0 Å². The summed E-state index contributed by atoms with van der Waals surface area (Å²) in [5.41, 5.74) is 0. The van der Waals surface area contributed by atoms with Crippen molar-refractivity contribution in [3.63, 3.8) is 0 Å². The zero-order chi connectivity index (χ0) is 26.4. The molecule has 0 spiro atoms. The zero-order valence-corrected chi connectivity index (χ0v) is 26.4. The average molecular weight is 507 g/mol. The summed E-state index contributed by atoms with van der Waals surface area (Å²) in [7, 11) is 0. The lowest BCUT2D eigenvalue weighted by Gasteiger charge is -2.11. The van der Waals surface area contributed by atoms with Crippen LogP contribution in [0.15, 0.2) is 0 Å². The van der Waals surface area contributed by atoms with Gasteiger partial charge in [0.25, 0.3) is 0 Å². The van der Waals surface area contributed by atoms with E-state index in [1.165, 1.54) is 193 Å². The Labute approximate surface area is 232 Å². The van der Waals surface area contributed by atoms with Gasteiger partial charge < -0.3 is 0 Å². The fourth-order valence-corrected chi connectivity index (χ4v) is 6.05. The molecule has 2 atom stereocenters. The molecule has 0 fully saturated rings. The Bertz CT molecular complexity index is 372. The molecular weight excluding hydrogens is 432 g/mol. The first-order valence-electron chi connectivity index (χ1n) is 17.7. The Hall–Kier alpha value is 0. The van der Waals surface area contributed by atoms with Crippen molar-refractivity contribution in [2.24, 2.45) is 11.8 Å². The van der Waals surface area contributed by atoms with E-state index in [0.717, 1.165) is 11.8 Å². The quantitative estimate of drug-likeness (QED) is 0.0820. The van der Waals surface area contributed by atoms with Crippen LogP contribution in [0.2, 0.25) is 0 Å². The summed E-state index contributed by atoms with van der Waals surface area (Å²) in [5, 5.41) is 0. The molecule has 2 unspecified atom stereocenters. The standard InChI is InChI=1S/C36H74/c1-5-7-8-9-10-11-12-13-14-15-16-17-18-19-20-22-26-29-33-36(4)34-30-27-24-21-23-25-28-32-35(3)31-6-2/h35-36H,5-34H2,1-4H3. The molecule has 0 nitrogen and oxygen atoms in total. The third-order valence-corrected chi connectivity index (χ3v) is 8.73. The molecule has 0 aromatic carbocycles. The molecule has 0 heterocycles. The lowest BCUT2D eigenvalue weighted by Crippen LogP contribution is -1.95. The normalized spacial score (nSPS) is 13.3. The maximum Gasteiger partial charge on any atom is -0.0443 e. The summed E-state index contributed by atoms with van der Waals surface area (Å²) in [4.78, 5) is 0. The first-order valence-corrected chi connectivity index (χ1v) is 17.7. The maximum absolute atomic E-state index is 2.51. The average Bonchev–Trinajstić information content (AvgIpc) is 2.87. The highest BCUT2D eigenvalue weighted by Gasteiger charge is 2.03. The third kappa shape index (κ3) is 30.2. The smallest absolute Gasteiger partial charge is 0.0443 e. The van der Waals surface area contributed by atoms with Crippen molar-refractivity contribution in [2.45, 2.75) is 220 Å². The van der Waals surface area contributed by atoms with Gasteiger partial charge in [-0.05, 0) is 11.8 Å². The second kappa shape index (κ2) is 31.2. The molecule has 0 aromatic heterocycles. The van der Waals surface area contributed by atoms with Gasteiger partial charge in [0.15, 0.2) is 0 Å². The topological polar surface area (TPSA) is 0 Å². The monoisotopic (exact) mass is 507 g/mol. The van der Waals surface area contributed by atoms with E-state index >= 15 is 0 Å². The van der Waals surface area contributed by atoms with Crippen molar-refractivity contribution in [3.05, 3.63) is 0 Å². The lowest BCUT2D eigenvalue weighted by molar-refractivity contribution is 0.426. The number of hydrogen-bond acceptors (Lipinski definition) is 0. The summed E-state index contributed by atoms with van der Waals surface area (Å²) in [6, 6.07) is 0. The molecule has 218 valence electrons. The van der Waals surface area contributed by atoms with Crippen LogP contribution in [0.1, 0.15) is 220 Å². The Morgan fingerprint density at radius 3 is 0.722 bits per heavy atom. The number of hydrogen-bond donors (Lipinski definition) is 0. The van der Waals surface area contributed by atoms with E-state index < -0.39 is 0 Å². The Kier molecular flexibility index (Phi) is 31.2. The Balaban J connectivity index is 3.16. The molecular formula is C36H74. The number of rotatable bonds is 31. The molecule has 36 heavy (non-hydrogen) atoms. The highest BCUT2D eigenvalue weighted by Crippen LogP contribution is 2.20. The van der Waals surface area contributed by atoms with Crippen molar-refractivity contribution in [1.82, 2.24) is 0 Å². The zero-order valence-electron chi connectivity index (χ0n) is 26.4. The van der Waals surface area contributed by atoms with Gasteiger partial charge in [-0.25, -0.2) is 0 Å². The lowest BCUT2D eigenvalue weighted by atomic mass is 9.95. The van der Waals surface area contributed by atoms with Crippen LogP contribution in [0.25, 0.3) is 0 Å². The molecule has 0 amide bonds. The molecule has 0 aliphatic heterocycles. The first kappa shape index (κ1) is 36.0. The van der Waals surface area contributed by atoms with Gasteiger partial charge in [0.05, 0.1) is 0 Å². The van der Waals surface area contributed by atoms with E-state index in [0.29, 0.717) is 0 Å². The van der Waals surface area contributed by atoms with Crippen molar-refractivity contribution in [3.8, 4) is 0 Å². The van der Waals surface area contributed by atoms with Gasteiger partial charge in [-0.2, -0.15) is 0 Å². The van der Waals surface area contributed by atoms with Gasteiger partial charge in [0.1, 0.15) is 0 Å². The van der Waals surface area contributed by atoms with Crippen molar-refractivity contribution in [1.29, 1.82) is 0 Å². The fourth-order valence-electron chi connectivity index (χ4n) is 6.05. The van der Waals surface area contributed by atoms with Crippen LogP contribution in [0.3, 0.4) is 0 Å². The number of unbranched alkanes of at least 4 members (excludes halogenated alkanes) is 23. The molecule has 0 rings (SSSR count). The van der Waals surface area contributed by atoms with Gasteiger partial charge in [-0.15, -0.1) is 0 Å². The minimum absolute atomic E-state index is 0.959. The molecule has 0 aliphatic carbocycles. The highest BCUT2D eigenvalue weighted by molar-refractivity contribution is 4.57. The van der Waals surface area contributed by atoms with Gasteiger partial charge >= 0.3 is 0 Å². The predicted molar refractivity (Wildman–Crippen MR) is 168 cm³/mol. The minimum Gasteiger partial charge on any atom is -0.0654 e. The van der Waals surface area contributed by atoms with Crippen LogP contribution in [-0.4, -0.2) is 0 Å². The van der Waals surface area contributed by atoms with Crippen molar-refractivity contribution >= 4 is 0 Å². The Morgan fingerprint density at radius 1 is 0.250 bits per heavy atom. The molecule has 0 radical (unpaired) electrons. The van der Waals surface area contributed by atoms with Crippen molar-refractivity contribution < 1.29 is 0 Å². The summed E-state index contributed by atoms with van der Waals surface area (Å²) in [6.45, 7) is 9.57. The van der Waals surface area contributed by atoms with Crippen LogP contribution in [0.4, 0.5) is 0 Å². The molecule has 0 bridgehead atoms. The van der Waals surface area contributed by atoms with Crippen LogP contribution in [0.5, 0.6) is 0 Å². The Morgan fingerprint density at radius 2 is 0.472 bits per heavy atom. The largest absolute Gasteiger partial charge is 0.0654 e. The molecule has 0 heteroatoms. The third-order valence-electron chi connectivity index (χ3n) is 8.73. The van der Waals surface area contributed by atoms with E-state index in [1.807, 2.05) is 0 Å². The predicted octanol–water partition coefficient (Wildman–Crippen LogP) is 14.0. The molecule has 0 saturated carbocycles. The van der Waals surface area contributed by atoms with Crippen molar-refractivity contribution in [2.75, 3.05) is 0 Å². The summed E-state index contributed by atoms with van der Waals surface area (Å²) < 4.78 is 0. The van der Waals surface area contributed by atoms with E-state index in [1.54, 1.807) is 0 Å². The molecule has 0 saturated heterocycles. The van der Waals surface area contributed by atoms with Gasteiger partial charge in [-0.1, -0.05) is 220 Å². The molecule has 0 aromatic rings. The van der Waals surface area contributed by atoms with Crippen LogP contribution in [0, 0.1) is 11.8 Å². The summed E-state index contributed by atoms with van der Waals surface area (Å²) in [6.07, 6.45) is 44.2. The maximum atomic E-state index is 2.51. The van der Waals surface area contributed by atoms with E-state index in [4.69, 9.17) is 0 Å².